The Balaban J connectivity index is 1.88. The van der Waals surface area contributed by atoms with Gasteiger partial charge in [-0.1, -0.05) is 0 Å². The molecular formula is C13H19N3O4. The average Bonchev–Trinajstić information content (AvgIpc) is 2.84. The van der Waals surface area contributed by atoms with Gasteiger partial charge in [0.25, 0.3) is 5.91 Å². The minimum Gasteiger partial charge on any atom is -0.480 e. The molecule has 1 aromatic rings. The molecule has 2 rings (SSSR count). The van der Waals surface area contributed by atoms with Crippen molar-refractivity contribution < 1.29 is 19.1 Å². The molecule has 1 aliphatic heterocycles. The number of aromatic nitrogens is 1. The first kappa shape index (κ1) is 14.5. The fourth-order valence-electron chi connectivity index (χ4n) is 2.45. The van der Waals surface area contributed by atoms with Crippen LogP contribution in [0.3, 0.4) is 0 Å². The number of oxazole rings is 1. The Morgan fingerprint density at radius 1 is 1.60 bits per heavy atom. The van der Waals surface area contributed by atoms with Crippen molar-refractivity contribution in [3.8, 4) is 0 Å². The van der Waals surface area contributed by atoms with Crippen LogP contribution in [0.4, 0.5) is 0 Å². The van der Waals surface area contributed by atoms with E-state index in [0.29, 0.717) is 31.1 Å². The van der Waals surface area contributed by atoms with Crippen molar-refractivity contribution in [2.24, 2.45) is 5.92 Å². The Kier molecular flexibility index (Phi) is 4.73. The van der Waals surface area contributed by atoms with Crippen molar-refractivity contribution in [3.05, 3.63) is 17.8 Å². The van der Waals surface area contributed by atoms with Crippen LogP contribution < -0.4 is 5.32 Å². The number of carbonyl (C=O) groups is 2. The molecule has 0 saturated carbocycles. The third-order valence-electron chi connectivity index (χ3n) is 3.46. The fourth-order valence-corrected chi connectivity index (χ4v) is 2.45. The summed E-state index contributed by atoms with van der Waals surface area (Å²) in [6, 6.07) is 0. The predicted molar refractivity (Wildman–Crippen MR) is 70.4 cm³/mol. The number of carbonyl (C=O) groups excluding carboxylic acids is 1. The summed E-state index contributed by atoms with van der Waals surface area (Å²) in [5, 5.41) is 11.5. The van der Waals surface area contributed by atoms with Gasteiger partial charge in [-0.05, 0) is 25.7 Å². The molecule has 1 amide bonds. The highest BCUT2D eigenvalue weighted by molar-refractivity contribution is 5.92. The molecule has 0 bridgehead atoms. The van der Waals surface area contributed by atoms with Gasteiger partial charge in [0, 0.05) is 19.6 Å². The monoisotopic (exact) mass is 281 g/mol. The number of hydrogen-bond acceptors (Lipinski definition) is 5. The van der Waals surface area contributed by atoms with Gasteiger partial charge < -0.3 is 19.7 Å². The van der Waals surface area contributed by atoms with Crippen molar-refractivity contribution in [1.29, 1.82) is 0 Å². The van der Waals surface area contributed by atoms with Crippen LogP contribution in [0.15, 0.2) is 10.8 Å². The van der Waals surface area contributed by atoms with Crippen LogP contribution in [0.1, 0.15) is 29.1 Å². The molecule has 7 nitrogen and oxygen atoms in total. The smallest absolute Gasteiger partial charge is 0.317 e. The number of nitrogens with zero attached hydrogens (tertiary/aromatic N) is 2. The summed E-state index contributed by atoms with van der Waals surface area (Å²) >= 11 is 0. The highest BCUT2D eigenvalue weighted by Gasteiger charge is 2.27. The third-order valence-corrected chi connectivity index (χ3v) is 3.46. The molecule has 1 unspecified atom stereocenters. The summed E-state index contributed by atoms with van der Waals surface area (Å²) in [7, 11) is 0. The van der Waals surface area contributed by atoms with Crippen molar-refractivity contribution in [2.45, 2.75) is 19.8 Å². The van der Waals surface area contributed by atoms with E-state index >= 15 is 0 Å². The number of amides is 1. The maximum absolute atomic E-state index is 12.3. The quantitative estimate of drug-likeness (QED) is 0.816. The predicted octanol–water partition coefficient (Wildman–Crippen LogP) is 0.509. The third kappa shape index (κ3) is 3.57. The van der Waals surface area contributed by atoms with Crippen LogP contribution in [0, 0.1) is 12.8 Å². The molecule has 0 aromatic carbocycles. The van der Waals surface area contributed by atoms with Gasteiger partial charge in [0.05, 0.1) is 12.2 Å². The first-order valence-electron chi connectivity index (χ1n) is 6.69. The van der Waals surface area contributed by atoms with E-state index in [1.807, 2.05) is 0 Å². The van der Waals surface area contributed by atoms with Gasteiger partial charge in [0.2, 0.25) is 5.76 Å². The fraction of sp³-hybridized carbons (Fsp3) is 0.615. The van der Waals surface area contributed by atoms with Crippen molar-refractivity contribution in [2.75, 3.05) is 26.2 Å². The molecule has 0 radical (unpaired) electrons. The lowest BCUT2D eigenvalue weighted by Gasteiger charge is -2.32. The van der Waals surface area contributed by atoms with Gasteiger partial charge in [-0.3, -0.25) is 9.59 Å². The Hall–Kier alpha value is -1.89. The summed E-state index contributed by atoms with van der Waals surface area (Å²) in [4.78, 5) is 28.4. The highest BCUT2D eigenvalue weighted by Crippen LogP contribution is 2.19. The van der Waals surface area contributed by atoms with Crippen LogP contribution in [0.2, 0.25) is 0 Å². The molecular weight excluding hydrogens is 262 g/mol. The highest BCUT2D eigenvalue weighted by atomic mass is 16.4. The van der Waals surface area contributed by atoms with E-state index in [4.69, 9.17) is 9.52 Å². The van der Waals surface area contributed by atoms with E-state index in [-0.39, 0.29) is 18.4 Å². The summed E-state index contributed by atoms with van der Waals surface area (Å²) in [5.74, 6) is -0.437. The van der Waals surface area contributed by atoms with Crippen molar-refractivity contribution in [1.82, 2.24) is 15.2 Å². The van der Waals surface area contributed by atoms with Gasteiger partial charge in [0.15, 0.2) is 6.39 Å². The number of carboxylic acid groups (broad SMARTS) is 1. The maximum Gasteiger partial charge on any atom is 0.317 e. The van der Waals surface area contributed by atoms with E-state index in [2.05, 4.69) is 10.3 Å². The first-order valence-corrected chi connectivity index (χ1v) is 6.69. The van der Waals surface area contributed by atoms with E-state index in [0.717, 1.165) is 12.8 Å². The molecule has 1 aliphatic rings. The molecule has 110 valence electrons. The van der Waals surface area contributed by atoms with E-state index in [1.165, 1.54) is 6.39 Å². The number of carboxylic acids is 1. The van der Waals surface area contributed by atoms with Crippen LogP contribution in [-0.2, 0) is 4.79 Å². The zero-order valence-corrected chi connectivity index (χ0v) is 11.5. The van der Waals surface area contributed by atoms with Gasteiger partial charge >= 0.3 is 5.97 Å². The Morgan fingerprint density at radius 2 is 2.40 bits per heavy atom. The summed E-state index contributed by atoms with van der Waals surface area (Å²) in [5.41, 5.74) is 0.598. The minimum absolute atomic E-state index is 0.0499. The van der Waals surface area contributed by atoms with E-state index in [1.54, 1.807) is 11.8 Å². The molecule has 7 heteroatoms. The first-order chi connectivity index (χ1) is 9.58. The second kappa shape index (κ2) is 6.51. The SMILES string of the molecule is Cc1ncoc1C(=O)N1CCCC(CNCC(=O)O)C1. The van der Waals surface area contributed by atoms with Crippen molar-refractivity contribution >= 4 is 11.9 Å². The number of aliphatic carboxylic acids is 1. The number of aryl methyl sites for hydroxylation is 1. The Morgan fingerprint density at radius 3 is 3.05 bits per heavy atom. The number of nitrogens with one attached hydrogen (secondary N) is 1. The maximum atomic E-state index is 12.3. The van der Waals surface area contributed by atoms with Crippen LogP contribution in [0.5, 0.6) is 0 Å². The Bertz CT molecular complexity index is 486. The molecule has 0 spiro atoms. The average molecular weight is 281 g/mol. The van der Waals surface area contributed by atoms with Crippen LogP contribution in [-0.4, -0.2) is 53.0 Å². The number of likely N-dealkylation sites (tertiary alicyclic amines) is 1. The normalized spacial score (nSPS) is 19.1. The lowest BCUT2D eigenvalue weighted by atomic mass is 9.97. The van der Waals surface area contributed by atoms with Gasteiger partial charge in [0.1, 0.15) is 0 Å². The van der Waals surface area contributed by atoms with Crippen molar-refractivity contribution in [3.63, 3.8) is 0 Å². The molecule has 20 heavy (non-hydrogen) atoms. The molecule has 2 N–H and O–H groups in total. The molecule has 1 fully saturated rings. The van der Waals surface area contributed by atoms with E-state index in [9.17, 15) is 9.59 Å². The van der Waals surface area contributed by atoms with Crippen LogP contribution in [0.25, 0.3) is 0 Å². The lowest BCUT2D eigenvalue weighted by Crippen LogP contribution is -2.43. The topological polar surface area (TPSA) is 95.7 Å². The zero-order valence-electron chi connectivity index (χ0n) is 11.5. The lowest BCUT2D eigenvalue weighted by molar-refractivity contribution is -0.136. The summed E-state index contributed by atoms with van der Waals surface area (Å²) in [6.45, 7) is 3.61. The van der Waals surface area contributed by atoms with Gasteiger partial charge in [-0.25, -0.2) is 4.98 Å². The molecule has 1 atom stereocenters. The molecule has 1 saturated heterocycles. The molecule has 1 aromatic heterocycles. The second-order valence-electron chi connectivity index (χ2n) is 5.05. The number of piperidine rings is 1. The minimum atomic E-state index is -0.869. The van der Waals surface area contributed by atoms with E-state index < -0.39 is 5.97 Å². The largest absolute Gasteiger partial charge is 0.480 e. The molecule has 2 heterocycles. The summed E-state index contributed by atoms with van der Waals surface area (Å²) < 4.78 is 5.13. The zero-order chi connectivity index (χ0) is 14.5. The summed E-state index contributed by atoms with van der Waals surface area (Å²) in [6.07, 6.45) is 3.18. The van der Waals surface area contributed by atoms with Crippen LogP contribution >= 0.6 is 0 Å². The number of hydrogen-bond donors (Lipinski definition) is 2. The standard InChI is InChI=1S/C13H19N3O4/c1-9-12(20-8-15-9)13(19)16-4-2-3-10(7-16)5-14-6-11(17)18/h8,10,14H,2-7H2,1H3,(H,17,18). The Labute approximate surface area is 117 Å². The second-order valence-corrected chi connectivity index (χ2v) is 5.05. The number of rotatable bonds is 5. The van der Waals surface area contributed by atoms with Gasteiger partial charge in [-0.2, -0.15) is 0 Å². The van der Waals surface area contributed by atoms with Gasteiger partial charge in [-0.15, -0.1) is 0 Å². The molecule has 0 aliphatic carbocycles.